The highest BCUT2D eigenvalue weighted by Crippen LogP contribution is 2.30. The van der Waals surface area contributed by atoms with Crippen LogP contribution in [0.2, 0.25) is 5.02 Å². The van der Waals surface area contributed by atoms with E-state index in [-0.39, 0.29) is 22.4 Å². The molecular formula is C11H13Cl2NO4S. The Hall–Kier alpha value is -0.820. The highest BCUT2D eigenvalue weighted by atomic mass is 35.7. The minimum atomic E-state index is -3.86. The summed E-state index contributed by atoms with van der Waals surface area (Å²) in [5, 5.41) is 2.66. The molecule has 8 heteroatoms. The number of halogens is 2. The Morgan fingerprint density at radius 2 is 2.05 bits per heavy atom. The van der Waals surface area contributed by atoms with Crippen LogP contribution in [-0.4, -0.2) is 27.5 Å². The predicted molar refractivity (Wildman–Crippen MR) is 74.4 cm³/mol. The van der Waals surface area contributed by atoms with Gasteiger partial charge in [0.15, 0.2) is 0 Å². The van der Waals surface area contributed by atoms with Crippen molar-refractivity contribution < 1.29 is 17.9 Å². The number of aryl methyl sites for hydroxylation is 1. The number of anilines is 1. The third kappa shape index (κ3) is 4.65. The van der Waals surface area contributed by atoms with Crippen molar-refractivity contribution in [2.24, 2.45) is 0 Å². The van der Waals surface area contributed by atoms with E-state index in [1.54, 1.807) is 13.8 Å². The first-order valence-electron chi connectivity index (χ1n) is 5.38. The van der Waals surface area contributed by atoms with E-state index < -0.39 is 9.05 Å². The Bertz CT molecular complexity index is 563. The molecule has 0 aliphatic heterocycles. The van der Waals surface area contributed by atoms with E-state index >= 15 is 0 Å². The van der Waals surface area contributed by atoms with Gasteiger partial charge in [-0.1, -0.05) is 11.6 Å². The zero-order chi connectivity index (χ0) is 14.6. The maximum atomic E-state index is 11.5. The largest absolute Gasteiger partial charge is 0.372 e. The maximum Gasteiger partial charge on any atom is 0.261 e. The van der Waals surface area contributed by atoms with Crippen LogP contribution in [0.25, 0.3) is 0 Å². The lowest BCUT2D eigenvalue weighted by Crippen LogP contribution is -2.19. The highest BCUT2D eigenvalue weighted by Gasteiger charge is 2.16. The molecule has 1 amide bonds. The molecule has 1 aromatic carbocycles. The first-order valence-corrected chi connectivity index (χ1v) is 8.06. The number of amides is 1. The van der Waals surface area contributed by atoms with E-state index in [4.69, 9.17) is 27.0 Å². The third-order valence-corrected chi connectivity index (χ3v) is 3.88. The van der Waals surface area contributed by atoms with Crippen molar-refractivity contribution in [3.05, 3.63) is 22.7 Å². The van der Waals surface area contributed by atoms with Crippen LogP contribution in [0.4, 0.5) is 5.69 Å². The summed E-state index contributed by atoms with van der Waals surface area (Å²) >= 11 is 5.94. The average molecular weight is 326 g/mol. The summed E-state index contributed by atoms with van der Waals surface area (Å²) in [5.74, 6) is -0.367. The summed E-state index contributed by atoms with van der Waals surface area (Å²) in [7, 11) is 1.38. The minimum Gasteiger partial charge on any atom is -0.372 e. The van der Waals surface area contributed by atoms with Gasteiger partial charge in [-0.2, -0.15) is 0 Å². The van der Waals surface area contributed by atoms with Crippen LogP contribution in [0.15, 0.2) is 17.0 Å². The van der Waals surface area contributed by atoms with Gasteiger partial charge in [0.1, 0.15) is 6.61 Å². The Morgan fingerprint density at radius 3 is 2.53 bits per heavy atom. The maximum absolute atomic E-state index is 11.5. The Labute approximate surface area is 121 Å². The molecule has 0 fully saturated rings. The van der Waals surface area contributed by atoms with Crippen LogP contribution >= 0.6 is 22.3 Å². The number of hydrogen-bond donors (Lipinski definition) is 1. The topological polar surface area (TPSA) is 72.5 Å². The second-order valence-electron chi connectivity index (χ2n) is 3.72. The van der Waals surface area contributed by atoms with Gasteiger partial charge in [0, 0.05) is 17.3 Å². The van der Waals surface area contributed by atoms with Crippen LogP contribution in [0.1, 0.15) is 12.5 Å². The summed E-state index contributed by atoms with van der Waals surface area (Å²) in [6, 6.07) is 2.53. The molecule has 0 aliphatic rings. The number of hydrogen-bond acceptors (Lipinski definition) is 4. The van der Waals surface area contributed by atoms with Crippen LogP contribution in [0, 0.1) is 6.92 Å². The summed E-state index contributed by atoms with van der Waals surface area (Å²) in [6.45, 7) is 3.71. The second kappa shape index (κ2) is 6.56. The van der Waals surface area contributed by atoms with Crippen molar-refractivity contribution >= 4 is 42.9 Å². The Kier molecular flexibility index (Phi) is 5.61. The normalized spacial score (nSPS) is 11.4. The van der Waals surface area contributed by atoms with Gasteiger partial charge in [0.05, 0.1) is 15.6 Å². The number of benzene rings is 1. The third-order valence-electron chi connectivity index (χ3n) is 2.24. The van der Waals surface area contributed by atoms with Crippen molar-refractivity contribution in [3.8, 4) is 0 Å². The molecule has 106 valence electrons. The van der Waals surface area contributed by atoms with Gasteiger partial charge < -0.3 is 10.1 Å². The Morgan fingerprint density at radius 1 is 1.42 bits per heavy atom. The lowest BCUT2D eigenvalue weighted by Gasteiger charge is -2.11. The predicted octanol–water partition coefficient (Wildman–Crippen LogP) is 2.55. The van der Waals surface area contributed by atoms with E-state index in [0.29, 0.717) is 17.9 Å². The molecule has 0 saturated heterocycles. The molecule has 1 aromatic rings. The lowest BCUT2D eigenvalue weighted by molar-refractivity contribution is -0.120. The Balaban J connectivity index is 3.01. The zero-order valence-electron chi connectivity index (χ0n) is 10.4. The zero-order valence-corrected chi connectivity index (χ0v) is 12.7. The fourth-order valence-electron chi connectivity index (χ4n) is 1.38. The molecule has 0 heterocycles. The molecule has 0 radical (unpaired) electrons. The van der Waals surface area contributed by atoms with E-state index in [1.165, 1.54) is 12.1 Å². The van der Waals surface area contributed by atoms with Crippen molar-refractivity contribution in [1.82, 2.24) is 0 Å². The summed E-state index contributed by atoms with van der Waals surface area (Å²) < 4.78 is 27.4. The molecule has 0 bridgehead atoms. The van der Waals surface area contributed by atoms with Gasteiger partial charge in [-0.15, -0.1) is 0 Å². The highest BCUT2D eigenvalue weighted by molar-refractivity contribution is 8.13. The van der Waals surface area contributed by atoms with Crippen LogP contribution in [0.5, 0.6) is 0 Å². The van der Waals surface area contributed by atoms with Gasteiger partial charge in [-0.05, 0) is 31.5 Å². The second-order valence-corrected chi connectivity index (χ2v) is 6.69. The van der Waals surface area contributed by atoms with Crippen molar-refractivity contribution in [3.63, 3.8) is 0 Å². The molecule has 1 N–H and O–H groups in total. The first kappa shape index (κ1) is 16.2. The van der Waals surface area contributed by atoms with Gasteiger partial charge in [0.2, 0.25) is 5.91 Å². The number of ether oxygens (including phenoxy) is 1. The first-order chi connectivity index (χ1) is 8.75. The molecule has 19 heavy (non-hydrogen) atoms. The molecule has 0 aromatic heterocycles. The number of carbonyl (C=O) groups is 1. The number of rotatable bonds is 5. The average Bonchev–Trinajstić information content (AvgIpc) is 2.29. The van der Waals surface area contributed by atoms with Gasteiger partial charge in [-0.3, -0.25) is 4.79 Å². The molecule has 5 nitrogen and oxygen atoms in total. The van der Waals surface area contributed by atoms with E-state index in [0.717, 1.165) is 0 Å². The van der Waals surface area contributed by atoms with Crippen molar-refractivity contribution in [2.45, 2.75) is 18.7 Å². The van der Waals surface area contributed by atoms with E-state index in [1.807, 2.05) is 0 Å². The van der Waals surface area contributed by atoms with E-state index in [2.05, 4.69) is 5.32 Å². The molecule has 0 saturated carbocycles. The van der Waals surface area contributed by atoms with Crippen LogP contribution in [-0.2, 0) is 18.6 Å². The molecule has 0 spiro atoms. The van der Waals surface area contributed by atoms with Gasteiger partial charge >= 0.3 is 0 Å². The minimum absolute atomic E-state index is 0.0954. The smallest absolute Gasteiger partial charge is 0.261 e. The van der Waals surface area contributed by atoms with Gasteiger partial charge in [-0.25, -0.2) is 8.42 Å². The SMILES string of the molecule is CCOCC(=O)Nc1c(C)cc(S(=O)(=O)Cl)cc1Cl. The summed E-state index contributed by atoms with van der Waals surface area (Å²) in [6.07, 6.45) is 0. The molecule has 1 rings (SSSR count). The van der Waals surface area contributed by atoms with Crippen molar-refractivity contribution in [1.29, 1.82) is 0 Å². The lowest BCUT2D eigenvalue weighted by atomic mass is 10.2. The summed E-state index contributed by atoms with van der Waals surface area (Å²) in [4.78, 5) is 11.4. The monoisotopic (exact) mass is 325 g/mol. The quantitative estimate of drug-likeness (QED) is 0.844. The molecular weight excluding hydrogens is 313 g/mol. The fourth-order valence-corrected chi connectivity index (χ4v) is 2.60. The summed E-state index contributed by atoms with van der Waals surface area (Å²) in [5.41, 5.74) is 0.840. The number of carbonyl (C=O) groups excluding carboxylic acids is 1. The van der Waals surface area contributed by atoms with Gasteiger partial charge in [0.25, 0.3) is 9.05 Å². The fraction of sp³-hybridized carbons (Fsp3) is 0.364. The van der Waals surface area contributed by atoms with E-state index in [9.17, 15) is 13.2 Å². The molecule has 0 aliphatic carbocycles. The van der Waals surface area contributed by atoms with Crippen molar-refractivity contribution in [2.75, 3.05) is 18.5 Å². The molecule has 0 atom stereocenters. The number of nitrogens with one attached hydrogen (secondary N) is 1. The molecule has 0 unspecified atom stereocenters. The standard InChI is InChI=1S/C11H13Cl2NO4S/c1-3-18-6-10(15)14-11-7(2)4-8(5-9(11)12)19(13,16)17/h4-5H,3,6H2,1-2H3,(H,14,15). The van der Waals surface area contributed by atoms with Crippen LogP contribution < -0.4 is 5.32 Å². The van der Waals surface area contributed by atoms with Crippen LogP contribution in [0.3, 0.4) is 0 Å².